The van der Waals surface area contributed by atoms with Crippen LogP contribution in [0.25, 0.3) is 0 Å². The molecule has 2 fully saturated rings. The highest BCUT2D eigenvalue weighted by molar-refractivity contribution is 4.80. The van der Waals surface area contributed by atoms with E-state index in [9.17, 15) is 0 Å². The second-order valence-corrected chi connectivity index (χ2v) is 5.93. The maximum absolute atomic E-state index is 3.58. The number of nitrogens with one attached hydrogen (secondary N) is 2. The molecule has 100 valence electrons. The number of hydrogen-bond acceptors (Lipinski definition) is 2. The second-order valence-electron chi connectivity index (χ2n) is 5.93. The molecular weight excluding hydrogens is 208 g/mol. The largest absolute Gasteiger partial charge is 0.314 e. The van der Waals surface area contributed by atoms with E-state index >= 15 is 0 Å². The molecule has 2 N–H and O–H groups in total. The molecular formula is C15H30N2. The standard InChI is InChI=1S/C15H30N2/c1(2-4-6-12-16-14-8-9-14)3-5-7-13-17-15-10-11-15/h14-17H,1-13H2. The van der Waals surface area contributed by atoms with E-state index in [-0.39, 0.29) is 0 Å². The van der Waals surface area contributed by atoms with Crippen LogP contribution in [-0.4, -0.2) is 25.2 Å². The molecule has 0 radical (unpaired) electrons. The number of unbranched alkanes of at least 4 members (excludes halogenated alkanes) is 6. The molecule has 17 heavy (non-hydrogen) atoms. The van der Waals surface area contributed by atoms with E-state index in [0.717, 1.165) is 12.1 Å². The average Bonchev–Trinajstić information content (AvgIpc) is 3.19. The molecule has 0 aromatic rings. The molecule has 2 heteroatoms. The summed E-state index contributed by atoms with van der Waals surface area (Å²) in [4.78, 5) is 0. The molecule has 0 unspecified atom stereocenters. The maximum Gasteiger partial charge on any atom is 0.00682 e. The van der Waals surface area contributed by atoms with Crippen molar-refractivity contribution in [2.24, 2.45) is 0 Å². The topological polar surface area (TPSA) is 24.1 Å². The second kappa shape index (κ2) is 8.10. The van der Waals surface area contributed by atoms with Crippen LogP contribution in [0.5, 0.6) is 0 Å². The first-order valence-electron chi connectivity index (χ1n) is 7.92. The summed E-state index contributed by atoms with van der Waals surface area (Å²) >= 11 is 0. The van der Waals surface area contributed by atoms with Crippen LogP contribution in [0.15, 0.2) is 0 Å². The van der Waals surface area contributed by atoms with Crippen molar-refractivity contribution in [2.45, 2.75) is 82.7 Å². The zero-order valence-corrected chi connectivity index (χ0v) is 11.3. The highest BCUT2D eigenvalue weighted by Gasteiger charge is 2.19. The zero-order chi connectivity index (χ0) is 11.8. The van der Waals surface area contributed by atoms with E-state index in [4.69, 9.17) is 0 Å². The highest BCUT2D eigenvalue weighted by Crippen LogP contribution is 2.19. The summed E-state index contributed by atoms with van der Waals surface area (Å²) in [5.41, 5.74) is 0. The Morgan fingerprint density at radius 3 is 1.24 bits per heavy atom. The van der Waals surface area contributed by atoms with Gasteiger partial charge in [-0.3, -0.25) is 0 Å². The van der Waals surface area contributed by atoms with E-state index in [0.29, 0.717) is 0 Å². The van der Waals surface area contributed by atoms with Crippen molar-refractivity contribution >= 4 is 0 Å². The molecule has 2 saturated carbocycles. The smallest absolute Gasteiger partial charge is 0.00682 e. The fraction of sp³-hybridized carbons (Fsp3) is 1.00. The van der Waals surface area contributed by atoms with Crippen molar-refractivity contribution in [1.29, 1.82) is 0 Å². The molecule has 0 saturated heterocycles. The van der Waals surface area contributed by atoms with Gasteiger partial charge < -0.3 is 10.6 Å². The minimum atomic E-state index is 0.897. The molecule has 0 spiro atoms. The van der Waals surface area contributed by atoms with Crippen LogP contribution in [0.4, 0.5) is 0 Å². The third-order valence-electron chi connectivity index (χ3n) is 3.87. The van der Waals surface area contributed by atoms with Crippen molar-refractivity contribution in [1.82, 2.24) is 10.6 Å². The van der Waals surface area contributed by atoms with E-state index in [1.807, 2.05) is 0 Å². The quantitative estimate of drug-likeness (QED) is 0.510. The van der Waals surface area contributed by atoms with Gasteiger partial charge in [-0.15, -0.1) is 0 Å². The Kier molecular flexibility index (Phi) is 6.36. The van der Waals surface area contributed by atoms with Crippen molar-refractivity contribution in [3.8, 4) is 0 Å². The molecule has 2 nitrogen and oxygen atoms in total. The normalized spacial score (nSPS) is 19.8. The lowest BCUT2D eigenvalue weighted by atomic mass is 10.1. The third kappa shape index (κ3) is 7.77. The predicted octanol–water partition coefficient (Wildman–Crippen LogP) is 3.22. The first-order valence-corrected chi connectivity index (χ1v) is 7.92. The van der Waals surface area contributed by atoms with Gasteiger partial charge in [-0.1, -0.05) is 32.1 Å². The van der Waals surface area contributed by atoms with Gasteiger partial charge in [-0.2, -0.15) is 0 Å². The van der Waals surface area contributed by atoms with E-state index in [1.165, 1.54) is 83.7 Å². The molecule has 0 aliphatic heterocycles. The molecule has 2 aliphatic rings. The van der Waals surface area contributed by atoms with E-state index in [2.05, 4.69) is 10.6 Å². The van der Waals surface area contributed by atoms with Crippen molar-refractivity contribution < 1.29 is 0 Å². The van der Waals surface area contributed by atoms with E-state index in [1.54, 1.807) is 0 Å². The summed E-state index contributed by atoms with van der Waals surface area (Å²) in [5.74, 6) is 0. The van der Waals surface area contributed by atoms with Gasteiger partial charge in [-0.25, -0.2) is 0 Å². The van der Waals surface area contributed by atoms with Gasteiger partial charge in [0.05, 0.1) is 0 Å². The minimum Gasteiger partial charge on any atom is -0.314 e. The Bertz CT molecular complexity index is 165. The van der Waals surface area contributed by atoms with Crippen LogP contribution in [0.3, 0.4) is 0 Å². The summed E-state index contributed by atoms with van der Waals surface area (Å²) in [6.45, 7) is 2.52. The molecule has 0 heterocycles. The van der Waals surface area contributed by atoms with Crippen LogP contribution >= 0.6 is 0 Å². The van der Waals surface area contributed by atoms with Crippen LogP contribution in [-0.2, 0) is 0 Å². The molecule has 0 atom stereocenters. The fourth-order valence-corrected chi connectivity index (χ4v) is 2.32. The maximum atomic E-state index is 3.58. The van der Waals surface area contributed by atoms with Crippen LogP contribution in [0.1, 0.15) is 70.6 Å². The fourth-order valence-electron chi connectivity index (χ4n) is 2.32. The molecule has 2 rings (SSSR count). The van der Waals surface area contributed by atoms with Crippen LogP contribution in [0.2, 0.25) is 0 Å². The molecule has 0 aromatic carbocycles. The highest BCUT2D eigenvalue weighted by atomic mass is 14.9. The van der Waals surface area contributed by atoms with Crippen molar-refractivity contribution in [2.75, 3.05) is 13.1 Å². The van der Waals surface area contributed by atoms with Gasteiger partial charge in [0.1, 0.15) is 0 Å². The summed E-state index contributed by atoms with van der Waals surface area (Å²) in [7, 11) is 0. The van der Waals surface area contributed by atoms with Gasteiger partial charge in [-0.05, 0) is 51.6 Å². The predicted molar refractivity (Wildman–Crippen MR) is 74.4 cm³/mol. The Hall–Kier alpha value is -0.0800. The van der Waals surface area contributed by atoms with Gasteiger partial charge in [0.2, 0.25) is 0 Å². The monoisotopic (exact) mass is 238 g/mol. The van der Waals surface area contributed by atoms with E-state index < -0.39 is 0 Å². The Morgan fingerprint density at radius 2 is 0.882 bits per heavy atom. The summed E-state index contributed by atoms with van der Waals surface area (Å²) in [6, 6.07) is 1.79. The minimum absolute atomic E-state index is 0.897. The van der Waals surface area contributed by atoms with Gasteiger partial charge in [0.15, 0.2) is 0 Å². The molecule has 0 bridgehead atoms. The van der Waals surface area contributed by atoms with Crippen molar-refractivity contribution in [3.05, 3.63) is 0 Å². The summed E-state index contributed by atoms with van der Waals surface area (Å²) < 4.78 is 0. The Balaban J connectivity index is 1.20. The first-order chi connectivity index (χ1) is 8.45. The SMILES string of the molecule is C(CCCCNC1CC1)CCCCNC1CC1. The van der Waals surface area contributed by atoms with Gasteiger partial charge in [0.25, 0.3) is 0 Å². The third-order valence-corrected chi connectivity index (χ3v) is 3.87. The lowest BCUT2D eigenvalue weighted by Crippen LogP contribution is -2.17. The lowest BCUT2D eigenvalue weighted by molar-refractivity contribution is 0.543. The molecule has 0 aromatic heterocycles. The van der Waals surface area contributed by atoms with Gasteiger partial charge >= 0.3 is 0 Å². The van der Waals surface area contributed by atoms with Crippen molar-refractivity contribution in [3.63, 3.8) is 0 Å². The van der Waals surface area contributed by atoms with Crippen LogP contribution in [0, 0.1) is 0 Å². The van der Waals surface area contributed by atoms with Gasteiger partial charge in [0, 0.05) is 12.1 Å². The zero-order valence-electron chi connectivity index (χ0n) is 11.3. The number of rotatable bonds is 12. The molecule has 0 amide bonds. The van der Waals surface area contributed by atoms with Crippen LogP contribution < -0.4 is 10.6 Å². The molecule has 2 aliphatic carbocycles. The lowest BCUT2D eigenvalue weighted by Gasteiger charge is -2.04. The summed E-state index contributed by atoms with van der Waals surface area (Å²) in [5, 5.41) is 7.17. The first kappa shape index (κ1) is 13.4. The average molecular weight is 238 g/mol. The number of hydrogen-bond donors (Lipinski definition) is 2. The Morgan fingerprint density at radius 1 is 0.529 bits per heavy atom. The Labute approximate surface area is 107 Å². The summed E-state index contributed by atoms with van der Waals surface area (Å²) in [6.07, 6.45) is 15.7.